The zero-order chi connectivity index (χ0) is 20.6. The van der Waals surface area contributed by atoms with E-state index in [0.29, 0.717) is 25.6 Å². The minimum atomic E-state index is -4.10. The molecule has 0 radical (unpaired) electrons. The molecule has 0 spiro atoms. The number of hydrogen-bond acceptors (Lipinski definition) is 5. The summed E-state index contributed by atoms with van der Waals surface area (Å²) in [5.74, 6) is 1.21. The van der Waals surface area contributed by atoms with E-state index in [1.54, 1.807) is 11.3 Å². The maximum absolute atomic E-state index is 12.5. The number of nitrogens with one attached hydrogen (secondary N) is 2. The monoisotopic (exact) mass is 548 g/mol. The number of aromatic nitrogens is 1. The lowest BCUT2D eigenvalue weighted by Gasteiger charge is -2.32. The molecule has 0 bridgehead atoms. The Hall–Kier alpha value is -0.820. The summed E-state index contributed by atoms with van der Waals surface area (Å²) >= 11 is 1.59. The van der Waals surface area contributed by atoms with Crippen molar-refractivity contribution in [2.45, 2.75) is 38.9 Å². The van der Waals surface area contributed by atoms with Gasteiger partial charge in [-0.15, -0.1) is 35.3 Å². The quantitative estimate of drug-likeness (QED) is 0.296. The summed E-state index contributed by atoms with van der Waals surface area (Å²) in [6.07, 6.45) is -1.53. The first kappa shape index (κ1) is 26.2. The van der Waals surface area contributed by atoms with Gasteiger partial charge >= 0.3 is 6.18 Å². The van der Waals surface area contributed by atoms with Crippen LogP contribution < -0.4 is 15.5 Å². The highest BCUT2D eigenvalue weighted by Crippen LogP contribution is 2.24. The van der Waals surface area contributed by atoms with Crippen LogP contribution in [0.4, 0.5) is 18.3 Å². The predicted octanol–water partition coefficient (Wildman–Crippen LogP) is 3.55. The SMILES string of the molecule is CCNC(=NCc1csc(N(C)C)n1)NCCC1CCN(CC(F)(F)F)CC1.I. The van der Waals surface area contributed by atoms with Crippen molar-refractivity contribution < 1.29 is 13.2 Å². The molecule has 0 aromatic carbocycles. The number of anilines is 1. The Morgan fingerprint density at radius 3 is 2.55 bits per heavy atom. The molecule has 29 heavy (non-hydrogen) atoms. The molecule has 0 unspecified atom stereocenters. The number of piperidine rings is 1. The van der Waals surface area contributed by atoms with E-state index in [4.69, 9.17) is 0 Å². The highest BCUT2D eigenvalue weighted by atomic mass is 127. The standard InChI is InChI=1S/C18H31F3N6S.HI/c1-4-22-16(24-11-15-12-28-17(25-15)26(2)3)23-8-5-14-6-9-27(10-7-14)13-18(19,20)21;/h12,14H,4-11,13H2,1-3H3,(H2,22,23,24);1H. The third kappa shape index (κ3) is 10.2. The second kappa shape index (κ2) is 12.8. The molecule has 2 rings (SSSR count). The van der Waals surface area contributed by atoms with Gasteiger partial charge in [-0.05, 0) is 45.2 Å². The average molecular weight is 548 g/mol. The van der Waals surface area contributed by atoms with E-state index in [2.05, 4.69) is 20.6 Å². The molecule has 1 saturated heterocycles. The number of likely N-dealkylation sites (tertiary alicyclic amines) is 1. The van der Waals surface area contributed by atoms with Crippen LogP contribution in [-0.2, 0) is 6.54 Å². The van der Waals surface area contributed by atoms with Gasteiger partial charge in [0.2, 0.25) is 0 Å². The second-order valence-corrected chi connectivity index (χ2v) is 8.10. The van der Waals surface area contributed by atoms with Crippen molar-refractivity contribution in [3.8, 4) is 0 Å². The highest BCUT2D eigenvalue weighted by Gasteiger charge is 2.32. The van der Waals surface area contributed by atoms with Crippen LogP contribution in [0, 0.1) is 5.92 Å². The van der Waals surface area contributed by atoms with Gasteiger partial charge < -0.3 is 15.5 Å². The summed E-state index contributed by atoms with van der Waals surface area (Å²) in [6.45, 7) is 4.31. The summed E-state index contributed by atoms with van der Waals surface area (Å²) in [6, 6.07) is 0. The first-order valence-electron chi connectivity index (χ1n) is 9.70. The van der Waals surface area contributed by atoms with Gasteiger partial charge in [-0.3, -0.25) is 4.90 Å². The van der Waals surface area contributed by atoms with Gasteiger partial charge in [-0.1, -0.05) is 0 Å². The third-order valence-corrected chi connectivity index (χ3v) is 5.68. The minimum absolute atomic E-state index is 0. The van der Waals surface area contributed by atoms with Crippen molar-refractivity contribution in [1.29, 1.82) is 0 Å². The van der Waals surface area contributed by atoms with E-state index in [1.165, 1.54) is 4.90 Å². The highest BCUT2D eigenvalue weighted by molar-refractivity contribution is 14.0. The molecule has 2 heterocycles. The molecule has 0 aliphatic carbocycles. The fourth-order valence-electron chi connectivity index (χ4n) is 3.16. The van der Waals surface area contributed by atoms with Crippen molar-refractivity contribution in [2.24, 2.45) is 10.9 Å². The number of aliphatic imine (C=N–C) groups is 1. The smallest absolute Gasteiger partial charge is 0.357 e. The maximum atomic E-state index is 12.5. The number of halogens is 4. The zero-order valence-corrected chi connectivity index (χ0v) is 20.4. The number of alkyl halides is 3. The summed E-state index contributed by atoms with van der Waals surface area (Å²) in [5, 5.41) is 9.52. The van der Waals surface area contributed by atoms with Crippen LogP contribution in [0.3, 0.4) is 0 Å². The number of thiazole rings is 1. The molecular weight excluding hydrogens is 516 g/mol. The number of hydrogen-bond donors (Lipinski definition) is 2. The molecule has 1 aromatic rings. The molecule has 11 heteroatoms. The average Bonchev–Trinajstić information content (AvgIpc) is 3.09. The summed E-state index contributed by atoms with van der Waals surface area (Å²) < 4.78 is 37.4. The molecule has 6 nitrogen and oxygen atoms in total. The van der Waals surface area contributed by atoms with Crippen molar-refractivity contribution in [1.82, 2.24) is 20.5 Å². The molecule has 1 aromatic heterocycles. The van der Waals surface area contributed by atoms with Crippen LogP contribution in [0.15, 0.2) is 10.4 Å². The van der Waals surface area contributed by atoms with Crippen LogP contribution >= 0.6 is 35.3 Å². The van der Waals surface area contributed by atoms with Crippen LogP contribution in [0.1, 0.15) is 31.9 Å². The van der Waals surface area contributed by atoms with Gasteiger partial charge in [0, 0.05) is 32.6 Å². The minimum Gasteiger partial charge on any atom is -0.357 e. The molecule has 1 aliphatic rings. The van der Waals surface area contributed by atoms with Crippen LogP contribution in [0.2, 0.25) is 0 Å². The van der Waals surface area contributed by atoms with Crippen LogP contribution in [-0.4, -0.2) is 68.8 Å². The number of guanidine groups is 1. The molecule has 0 amide bonds. The van der Waals surface area contributed by atoms with E-state index < -0.39 is 12.7 Å². The Kier molecular flexibility index (Phi) is 11.6. The topological polar surface area (TPSA) is 55.8 Å². The van der Waals surface area contributed by atoms with E-state index in [0.717, 1.165) is 49.1 Å². The lowest BCUT2D eigenvalue weighted by atomic mass is 9.93. The lowest BCUT2D eigenvalue weighted by molar-refractivity contribution is -0.148. The van der Waals surface area contributed by atoms with Gasteiger partial charge in [0.05, 0.1) is 18.8 Å². The molecule has 1 fully saturated rings. The van der Waals surface area contributed by atoms with Gasteiger partial charge in [-0.2, -0.15) is 13.2 Å². The van der Waals surface area contributed by atoms with Gasteiger partial charge in [-0.25, -0.2) is 9.98 Å². The lowest BCUT2D eigenvalue weighted by Crippen LogP contribution is -2.41. The predicted molar refractivity (Wildman–Crippen MR) is 125 cm³/mol. The third-order valence-electron chi connectivity index (χ3n) is 4.62. The molecular formula is C18H32F3IN6S. The maximum Gasteiger partial charge on any atom is 0.401 e. The van der Waals surface area contributed by atoms with Gasteiger partial charge in [0.15, 0.2) is 11.1 Å². The molecule has 0 saturated carbocycles. The number of nitrogens with zero attached hydrogens (tertiary/aromatic N) is 4. The van der Waals surface area contributed by atoms with E-state index in [-0.39, 0.29) is 24.0 Å². The van der Waals surface area contributed by atoms with Gasteiger partial charge in [0.25, 0.3) is 0 Å². The van der Waals surface area contributed by atoms with Gasteiger partial charge in [0.1, 0.15) is 0 Å². The Morgan fingerprint density at radius 2 is 2.00 bits per heavy atom. The van der Waals surface area contributed by atoms with Crippen LogP contribution in [0.5, 0.6) is 0 Å². The van der Waals surface area contributed by atoms with Crippen molar-refractivity contribution in [3.63, 3.8) is 0 Å². The van der Waals surface area contributed by atoms with E-state index in [9.17, 15) is 13.2 Å². The Balaban J connectivity index is 0.00000420. The Bertz CT molecular complexity index is 615. The first-order valence-corrected chi connectivity index (χ1v) is 10.6. The fourth-order valence-corrected chi connectivity index (χ4v) is 3.91. The number of rotatable bonds is 8. The fraction of sp³-hybridized carbons (Fsp3) is 0.778. The zero-order valence-electron chi connectivity index (χ0n) is 17.3. The van der Waals surface area contributed by atoms with Crippen molar-refractivity contribution in [3.05, 3.63) is 11.1 Å². The summed E-state index contributed by atoms with van der Waals surface area (Å²) in [7, 11) is 3.93. The molecule has 1 aliphatic heterocycles. The Morgan fingerprint density at radius 1 is 1.31 bits per heavy atom. The van der Waals surface area contributed by atoms with Crippen molar-refractivity contribution in [2.75, 3.05) is 51.7 Å². The first-order chi connectivity index (χ1) is 13.3. The summed E-state index contributed by atoms with van der Waals surface area (Å²) in [5.41, 5.74) is 0.933. The van der Waals surface area contributed by atoms with Crippen LogP contribution in [0.25, 0.3) is 0 Å². The molecule has 2 N–H and O–H groups in total. The van der Waals surface area contributed by atoms with E-state index >= 15 is 0 Å². The molecule has 0 atom stereocenters. The van der Waals surface area contributed by atoms with Crippen molar-refractivity contribution >= 4 is 46.4 Å². The largest absolute Gasteiger partial charge is 0.401 e. The van der Waals surface area contributed by atoms with E-state index in [1.807, 2.05) is 31.3 Å². The molecule has 168 valence electrons. The second-order valence-electron chi connectivity index (χ2n) is 7.26. The summed E-state index contributed by atoms with van der Waals surface area (Å²) in [4.78, 5) is 12.6. The Labute approximate surface area is 192 Å². The normalized spacial score (nSPS) is 16.4.